The van der Waals surface area contributed by atoms with Crippen LogP contribution in [0, 0.1) is 27.4 Å². The maximum Gasteiger partial charge on any atom is 0.269 e. The molecule has 0 heterocycles. The molecule has 21 heavy (non-hydrogen) atoms. The first-order valence-electron chi connectivity index (χ1n) is 6.33. The van der Waals surface area contributed by atoms with Gasteiger partial charge in [0.15, 0.2) is 0 Å². The molecule has 0 spiro atoms. The van der Waals surface area contributed by atoms with E-state index in [2.05, 4.69) is 10.6 Å². The maximum atomic E-state index is 11.9. The topological polar surface area (TPSA) is 108 Å². The van der Waals surface area contributed by atoms with E-state index in [-0.39, 0.29) is 11.3 Å². The highest BCUT2D eigenvalue weighted by Gasteiger charge is 2.10. The second-order valence-electron chi connectivity index (χ2n) is 4.73. The van der Waals surface area contributed by atoms with Gasteiger partial charge in [-0.2, -0.15) is 5.26 Å². The number of hydrogen-bond acceptors (Lipinski definition) is 5. The van der Waals surface area contributed by atoms with Gasteiger partial charge < -0.3 is 10.6 Å². The molecule has 0 saturated heterocycles. The minimum absolute atomic E-state index is 0.0611. The Morgan fingerprint density at radius 3 is 2.52 bits per heavy atom. The molecular weight excluding hydrogens is 272 g/mol. The molecule has 1 amide bonds. The smallest absolute Gasteiger partial charge is 0.269 e. The van der Waals surface area contributed by atoms with E-state index in [1.54, 1.807) is 6.07 Å². The molecule has 1 aromatic carbocycles. The van der Waals surface area contributed by atoms with Gasteiger partial charge in [-0.25, -0.2) is 0 Å². The lowest BCUT2D eigenvalue weighted by Crippen LogP contribution is -2.19. The second-order valence-corrected chi connectivity index (χ2v) is 4.73. The predicted octanol–water partition coefficient (Wildman–Crippen LogP) is 2.19. The predicted molar refractivity (Wildman–Crippen MR) is 78.3 cm³/mol. The van der Waals surface area contributed by atoms with Crippen molar-refractivity contribution in [3.05, 3.63) is 46.2 Å². The number of nitriles is 1. The van der Waals surface area contributed by atoms with Crippen LogP contribution in [0.15, 0.2) is 36.0 Å². The monoisotopic (exact) mass is 288 g/mol. The molecule has 110 valence electrons. The Morgan fingerprint density at radius 1 is 1.43 bits per heavy atom. The summed E-state index contributed by atoms with van der Waals surface area (Å²) in [6.07, 6.45) is 1.36. The summed E-state index contributed by atoms with van der Waals surface area (Å²) in [6.45, 7) is 4.66. The Bertz CT molecular complexity index is 585. The number of carbonyl (C=O) groups is 1. The van der Waals surface area contributed by atoms with Gasteiger partial charge in [0, 0.05) is 30.6 Å². The van der Waals surface area contributed by atoms with E-state index in [9.17, 15) is 14.9 Å². The molecule has 0 aliphatic rings. The van der Waals surface area contributed by atoms with E-state index >= 15 is 0 Å². The molecule has 0 bridgehead atoms. The van der Waals surface area contributed by atoms with E-state index in [1.807, 2.05) is 13.8 Å². The number of nitro groups is 1. The fourth-order valence-corrected chi connectivity index (χ4v) is 1.41. The van der Waals surface area contributed by atoms with Gasteiger partial charge in [0.25, 0.3) is 11.6 Å². The lowest BCUT2D eigenvalue weighted by Gasteiger charge is -2.06. The van der Waals surface area contributed by atoms with Gasteiger partial charge in [-0.15, -0.1) is 0 Å². The third kappa shape index (κ3) is 5.32. The van der Waals surface area contributed by atoms with Crippen LogP contribution in [0.1, 0.15) is 13.8 Å². The van der Waals surface area contributed by atoms with E-state index in [0.29, 0.717) is 18.2 Å². The molecule has 0 saturated carbocycles. The van der Waals surface area contributed by atoms with Crippen molar-refractivity contribution in [2.24, 2.45) is 5.92 Å². The molecule has 0 unspecified atom stereocenters. The van der Waals surface area contributed by atoms with E-state index in [4.69, 9.17) is 5.26 Å². The molecule has 0 aliphatic carbocycles. The highest BCUT2D eigenvalue weighted by molar-refractivity contribution is 6.06. The summed E-state index contributed by atoms with van der Waals surface area (Å²) in [6, 6.07) is 7.18. The van der Waals surface area contributed by atoms with Gasteiger partial charge in [-0.1, -0.05) is 13.8 Å². The van der Waals surface area contributed by atoms with Gasteiger partial charge in [0.1, 0.15) is 11.6 Å². The van der Waals surface area contributed by atoms with Crippen molar-refractivity contribution in [1.29, 1.82) is 5.26 Å². The van der Waals surface area contributed by atoms with Crippen LogP contribution in [0.5, 0.6) is 0 Å². The van der Waals surface area contributed by atoms with Crippen LogP contribution in [0.4, 0.5) is 11.4 Å². The zero-order valence-electron chi connectivity index (χ0n) is 11.8. The molecule has 2 N–H and O–H groups in total. The van der Waals surface area contributed by atoms with Gasteiger partial charge >= 0.3 is 0 Å². The Balaban J connectivity index is 2.70. The van der Waals surface area contributed by atoms with Crippen LogP contribution in [-0.2, 0) is 4.79 Å². The van der Waals surface area contributed by atoms with Crippen molar-refractivity contribution in [1.82, 2.24) is 5.32 Å². The molecular formula is C14H16N4O3. The second kappa shape index (κ2) is 7.65. The average molecular weight is 288 g/mol. The number of hydrogen-bond donors (Lipinski definition) is 2. The Hall–Kier alpha value is -2.88. The number of carbonyl (C=O) groups excluding carboxylic acids is 1. The van der Waals surface area contributed by atoms with E-state index in [1.165, 1.54) is 30.5 Å². The number of amides is 1. The Morgan fingerprint density at radius 2 is 2.05 bits per heavy atom. The third-order valence-corrected chi connectivity index (χ3v) is 2.47. The number of rotatable bonds is 6. The van der Waals surface area contributed by atoms with Crippen LogP contribution in [-0.4, -0.2) is 17.4 Å². The molecule has 0 aromatic heterocycles. The fraction of sp³-hybridized carbons (Fsp3) is 0.286. The first kappa shape index (κ1) is 16.2. The van der Waals surface area contributed by atoms with Gasteiger partial charge in [-0.05, 0) is 18.1 Å². The molecule has 0 atom stereocenters. The van der Waals surface area contributed by atoms with Crippen LogP contribution >= 0.6 is 0 Å². The van der Waals surface area contributed by atoms with Crippen molar-refractivity contribution < 1.29 is 9.72 Å². The first-order chi connectivity index (χ1) is 9.93. The number of benzene rings is 1. The molecule has 0 aliphatic heterocycles. The van der Waals surface area contributed by atoms with Crippen LogP contribution in [0.25, 0.3) is 0 Å². The lowest BCUT2D eigenvalue weighted by atomic mass is 10.2. The largest absolute Gasteiger partial charge is 0.389 e. The van der Waals surface area contributed by atoms with Crippen molar-refractivity contribution in [2.45, 2.75) is 13.8 Å². The van der Waals surface area contributed by atoms with Crippen LogP contribution in [0.3, 0.4) is 0 Å². The summed E-state index contributed by atoms with van der Waals surface area (Å²) in [5.74, 6) is -0.179. The molecule has 0 radical (unpaired) electrons. The minimum atomic E-state index is -0.567. The molecule has 7 heteroatoms. The quantitative estimate of drug-likeness (QED) is 0.361. The lowest BCUT2D eigenvalue weighted by molar-refractivity contribution is -0.384. The van der Waals surface area contributed by atoms with Gasteiger partial charge in [-0.3, -0.25) is 14.9 Å². The van der Waals surface area contributed by atoms with Crippen molar-refractivity contribution in [3.63, 3.8) is 0 Å². The van der Waals surface area contributed by atoms with Crippen molar-refractivity contribution in [2.75, 3.05) is 11.9 Å². The zero-order chi connectivity index (χ0) is 15.8. The summed E-state index contributed by atoms with van der Waals surface area (Å²) in [5.41, 5.74) is 0.257. The zero-order valence-corrected chi connectivity index (χ0v) is 11.8. The number of nitro benzene ring substituents is 1. The first-order valence-corrected chi connectivity index (χ1v) is 6.33. The summed E-state index contributed by atoms with van der Waals surface area (Å²) < 4.78 is 0. The highest BCUT2D eigenvalue weighted by Crippen LogP contribution is 2.15. The maximum absolute atomic E-state index is 11.9. The number of nitrogens with one attached hydrogen (secondary N) is 2. The standard InChI is InChI=1S/C14H16N4O3/c1-10(2)8-16-9-11(7-15)14(19)17-12-3-5-13(6-4-12)18(20)21/h3-6,9-10,16H,8H2,1-2H3,(H,17,19)/b11-9-. The number of nitrogens with zero attached hydrogens (tertiary/aromatic N) is 2. The average Bonchev–Trinajstić information content (AvgIpc) is 2.43. The summed E-state index contributed by atoms with van der Waals surface area (Å²) in [5, 5.41) is 24.9. The summed E-state index contributed by atoms with van der Waals surface area (Å²) in [4.78, 5) is 21.9. The Labute approximate surface area is 122 Å². The molecule has 0 fully saturated rings. The molecule has 7 nitrogen and oxygen atoms in total. The number of non-ortho nitro benzene ring substituents is 1. The van der Waals surface area contributed by atoms with E-state index < -0.39 is 10.8 Å². The normalized spacial score (nSPS) is 10.9. The van der Waals surface area contributed by atoms with Crippen molar-refractivity contribution >= 4 is 17.3 Å². The summed E-state index contributed by atoms with van der Waals surface area (Å²) in [7, 11) is 0. The van der Waals surface area contributed by atoms with E-state index in [0.717, 1.165) is 0 Å². The third-order valence-electron chi connectivity index (χ3n) is 2.47. The highest BCUT2D eigenvalue weighted by atomic mass is 16.6. The SMILES string of the molecule is CC(C)CN/C=C(/C#N)C(=O)Nc1ccc([N+](=O)[O-])cc1. The number of anilines is 1. The Kier molecular flexibility index (Phi) is 5.89. The van der Waals surface area contributed by atoms with Gasteiger partial charge in [0.2, 0.25) is 0 Å². The van der Waals surface area contributed by atoms with Crippen LogP contribution in [0.2, 0.25) is 0 Å². The fourth-order valence-electron chi connectivity index (χ4n) is 1.41. The summed E-state index contributed by atoms with van der Waals surface area (Å²) >= 11 is 0. The molecule has 1 rings (SSSR count). The minimum Gasteiger partial charge on any atom is -0.389 e. The van der Waals surface area contributed by atoms with Crippen LogP contribution < -0.4 is 10.6 Å². The van der Waals surface area contributed by atoms with Gasteiger partial charge in [0.05, 0.1) is 4.92 Å². The molecule has 1 aromatic rings. The van der Waals surface area contributed by atoms with Crippen molar-refractivity contribution in [3.8, 4) is 6.07 Å².